The van der Waals surface area contributed by atoms with Gasteiger partial charge in [0.15, 0.2) is 0 Å². The highest BCUT2D eigenvalue weighted by Crippen LogP contribution is 2.31. The molecule has 4 rings (SSSR count). The lowest BCUT2D eigenvalue weighted by Gasteiger charge is -2.34. The van der Waals surface area contributed by atoms with Gasteiger partial charge in [-0.15, -0.1) is 0 Å². The Bertz CT molecular complexity index is 1530. The molecule has 2 amide bonds. The van der Waals surface area contributed by atoms with Crippen LogP contribution in [0, 0.1) is 6.92 Å². The van der Waals surface area contributed by atoms with Crippen LogP contribution in [0.2, 0.25) is 10.0 Å². The van der Waals surface area contributed by atoms with Crippen LogP contribution in [0.15, 0.2) is 72.8 Å². The highest BCUT2D eigenvalue weighted by molar-refractivity contribution is 7.92. The van der Waals surface area contributed by atoms with Gasteiger partial charge in [-0.05, 0) is 61.1 Å². The molecular formula is C34H41Cl2N3O4S. The number of halogens is 2. The number of amides is 2. The van der Waals surface area contributed by atoms with Crippen LogP contribution >= 0.6 is 23.2 Å². The van der Waals surface area contributed by atoms with Gasteiger partial charge >= 0.3 is 0 Å². The van der Waals surface area contributed by atoms with Crippen molar-refractivity contribution in [3.63, 3.8) is 0 Å². The molecule has 1 fully saturated rings. The second-order valence-corrected chi connectivity index (χ2v) is 14.3. The lowest BCUT2D eigenvalue weighted by Crippen LogP contribution is -2.53. The smallest absolute Gasteiger partial charge is 0.243 e. The summed E-state index contributed by atoms with van der Waals surface area (Å²) in [6.07, 6.45) is 6.92. The first-order valence-corrected chi connectivity index (χ1v) is 17.7. The van der Waals surface area contributed by atoms with Gasteiger partial charge in [0.05, 0.1) is 17.0 Å². The lowest BCUT2D eigenvalue weighted by atomic mass is 9.94. The zero-order chi connectivity index (χ0) is 31.7. The van der Waals surface area contributed by atoms with E-state index >= 15 is 0 Å². The van der Waals surface area contributed by atoms with Crippen molar-refractivity contribution in [1.82, 2.24) is 10.2 Å². The van der Waals surface area contributed by atoms with Crippen molar-refractivity contribution in [2.75, 3.05) is 17.1 Å². The minimum absolute atomic E-state index is 0.0282. The number of anilines is 1. The molecular weight excluding hydrogens is 617 g/mol. The number of benzene rings is 3. The molecule has 0 heterocycles. The molecule has 1 aliphatic carbocycles. The van der Waals surface area contributed by atoms with Crippen LogP contribution in [-0.2, 0) is 32.6 Å². The lowest BCUT2D eigenvalue weighted by molar-refractivity contribution is -0.141. The first-order chi connectivity index (χ1) is 21.0. The second kappa shape index (κ2) is 15.8. The van der Waals surface area contributed by atoms with E-state index in [4.69, 9.17) is 23.2 Å². The monoisotopic (exact) mass is 657 g/mol. The fourth-order valence-electron chi connectivity index (χ4n) is 5.73. The summed E-state index contributed by atoms with van der Waals surface area (Å²) in [6, 6.07) is 21.6. The Balaban J connectivity index is 1.61. The van der Waals surface area contributed by atoms with E-state index in [1.165, 1.54) is 16.8 Å². The average molecular weight is 659 g/mol. The summed E-state index contributed by atoms with van der Waals surface area (Å²) < 4.78 is 26.7. The zero-order valence-corrected chi connectivity index (χ0v) is 27.7. The molecule has 1 saturated carbocycles. The number of carbonyl (C=O) groups is 2. The van der Waals surface area contributed by atoms with Crippen LogP contribution < -0.4 is 9.62 Å². The molecule has 7 nitrogen and oxygen atoms in total. The Morgan fingerprint density at radius 3 is 2.32 bits per heavy atom. The van der Waals surface area contributed by atoms with Crippen molar-refractivity contribution < 1.29 is 18.0 Å². The number of nitrogens with one attached hydrogen (secondary N) is 1. The molecule has 0 saturated heterocycles. The number of aryl methyl sites for hydroxylation is 1. The molecule has 44 heavy (non-hydrogen) atoms. The van der Waals surface area contributed by atoms with Crippen LogP contribution in [0.4, 0.5) is 5.69 Å². The van der Waals surface area contributed by atoms with E-state index in [0.29, 0.717) is 11.4 Å². The molecule has 0 radical (unpaired) electrons. The maximum absolute atomic E-state index is 14.1. The average Bonchev–Trinajstić information content (AvgIpc) is 2.99. The minimum atomic E-state index is -3.72. The van der Waals surface area contributed by atoms with E-state index < -0.39 is 16.1 Å². The maximum atomic E-state index is 14.1. The molecule has 236 valence electrons. The summed E-state index contributed by atoms with van der Waals surface area (Å²) in [5, 5.41) is 3.85. The van der Waals surface area contributed by atoms with Crippen molar-refractivity contribution in [1.29, 1.82) is 0 Å². The van der Waals surface area contributed by atoms with Gasteiger partial charge in [-0.25, -0.2) is 8.42 Å². The number of sulfonamides is 1. The Kier molecular flexibility index (Phi) is 12.1. The predicted octanol–water partition coefficient (Wildman–Crippen LogP) is 6.94. The van der Waals surface area contributed by atoms with Gasteiger partial charge in [0.25, 0.3) is 0 Å². The number of rotatable bonds is 13. The van der Waals surface area contributed by atoms with E-state index in [-0.39, 0.29) is 54.5 Å². The molecule has 1 N–H and O–H groups in total. The minimum Gasteiger partial charge on any atom is -0.352 e. The van der Waals surface area contributed by atoms with Crippen molar-refractivity contribution in [2.45, 2.75) is 76.9 Å². The molecule has 0 unspecified atom stereocenters. The molecule has 1 atom stereocenters. The van der Waals surface area contributed by atoms with Crippen LogP contribution in [0.25, 0.3) is 0 Å². The third-order valence-corrected chi connectivity index (χ3v) is 9.89. The standard InChI is InChI=1S/C34H41Cl2N3O4S/c1-25-12-9-10-15-27(25)24-38(32(22-26-13-5-3-6-14-26)34(41)37-29-16-7-4-8-17-29)33(40)18-11-21-39(44(2,42)43)31-23-28(35)19-20-30(31)36/h3,5-6,9-10,12-15,19-20,23,29,32H,4,7-8,11,16-18,21-22,24H2,1-2H3,(H,37,41)/t32-/m0/s1. The highest BCUT2D eigenvalue weighted by Gasteiger charge is 2.32. The second-order valence-electron chi connectivity index (χ2n) is 11.5. The van der Waals surface area contributed by atoms with Gasteiger partial charge in [-0.3, -0.25) is 13.9 Å². The van der Waals surface area contributed by atoms with E-state index in [9.17, 15) is 18.0 Å². The van der Waals surface area contributed by atoms with Crippen LogP contribution in [0.3, 0.4) is 0 Å². The summed E-state index contributed by atoms with van der Waals surface area (Å²) in [6.45, 7) is 2.28. The number of carbonyl (C=O) groups excluding carboxylic acids is 2. The van der Waals surface area contributed by atoms with Gasteiger partial charge in [-0.2, -0.15) is 0 Å². The Labute approximate surface area is 271 Å². The fraction of sp³-hybridized carbons (Fsp3) is 0.412. The van der Waals surface area contributed by atoms with Crippen molar-refractivity contribution in [2.24, 2.45) is 0 Å². The molecule has 10 heteroatoms. The fourth-order valence-corrected chi connectivity index (χ4v) is 7.13. The summed E-state index contributed by atoms with van der Waals surface area (Å²) in [5.74, 6) is -0.384. The quantitative estimate of drug-likeness (QED) is 0.216. The van der Waals surface area contributed by atoms with Gasteiger partial charge in [0.2, 0.25) is 21.8 Å². The summed E-state index contributed by atoms with van der Waals surface area (Å²) in [5.41, 5.74) is 3.19. The third-order valence-electron chi connectivity index (χ3n) is 8.15. The normalized spacial score (nSPS) is 14.5. The molecule has 3 aromatic rings. The predicted molar refractivity (Wildman–Crippen MR) is 179 cm³/mol. The van der Waals surface area contributed by atoms with Crippen molar-refractivity contribution in [3.8, 4) is 0 Å². The van der Waals surface area contributed by atoms with Crippen molar-refractivity contribution in [3.05, 3.63) is 99.5 Å². The van der Waals surface area contributed by atoms with Gasteiger partial charge in [0, 0.05) is 37.0 Å². The largest absolute Gasteiger partial charge is 0.352 e. The molecule has 0 aliphatic heterocycles. The maximum Gasteiger partial charge on any atom is 0.243 e. The SMILES string of the molecule is Cc1ccccc1CN(C(=O)CCCN(c1cc(Cl)ccc1Cl)S(C)(=O)=O)[C@@H](Cc1ccccc1)C(=O)NC1CCCCC1. The summed E-state index contributed by atoms with van der Waals surface area (Å²) >= 11 is 12.5. The van der Waals surface area contributed by atoms with Gasteiger partial charge < -0.3 is 10.2 Å². The third kappa shape index (κ3) is 9.46. The number of hydrogen-bond donors (Lipinski definition) is 1. The molecule has 3 aromatic carbocycles. The zero-order valence-electron chi connectivity index (χ0n) is 25.3. The molecule has 0 spiro atoms. The Hall–Kier alpha value is -3.07. The van der Waals surface area contributed by atoms with E-state index in [2.05, 4.69) is 5.32 Å². The van der Waals surface area contributed by atoms with Crippen molar-refractivity contribution >= 4 is 50.7 Å². The van der Waals surface area contributed by atoms with Crippen LogP contribution in [0.5, 0.6) is 0 Å². The van der Waals surface area contributed by atoms with Crippen LogP contribution in [0.1, 0.15) is 61.6 Å². The first-order valence-electron chi connectivity index (χ1n) is 15.1. The Morgan fingerprint density at radius 1 is 0.955 bits per heavy atom. The molecule has 0 aromatic heterocycles. The number of hydrogen-bond acceptors (Lipinski definition) is 4. The van der Waals surface area contributed by atoms with Gasteiger partial charge in [-0.1, -0.05) is 97.1 Å². The summed E-state index contributed by atoms with van der Waals surface area (Å²) in [7, 11) is -3.72. The van der Waals surface area contributed by atoms with Gasteiger partial charge in [0.1, 0.15) is 6.04 Å². The first kappa shape index (κ1) is 33.8. The van der Waals surface area contributed by atoms with E-state index in [1.54, 1.807) is 17.0 Å². The highest BCUT2D eigenvalue weighted by atomic mass is 35.5. The number of nitrogens with zero attached hydrogens (tertiary/aromatic N) is 2. The Morgan fingerprint density at radius 2 is 1.64 bits per heavy atom. The molecule has 0 bridgehead atoms. The van der Waals surface area contributed by atoms with E-state index in [1.807, 2.05) is 61.5 Å². The van der Waals surface area contributed by atoms with Crippen LogP contribution in [-0.4, -0.2) is 50.0 Å². The molecule has 1 aliphatic rings. The summed E-state index contributed by atoms with van der Waals surface area (Å²) in [4.78, 5) is 29.8. The topological polar surface area (TPSA) is 86.8 Å². The van der Waals surface area contributed by atoms with E-state index in [0.717, 1.165) is 48.6 Å².